The molecule has 4 aromatic rings. The van der Waals surface area contributed by atoms with Crippen LogP contribution in [0.5, 0.6) is 5.75 Å². The Labute approximate surface area is 196 Å². The number of aryl methyl sites for hydroxylation is 1. The van der Waals surface area contributed by atoms with Crippen molar-refractivity contribution < 1.29 is 4.74 Å². The predicted octanol–water partition coefficient (Wildman–Crippen LogP) is 3.81. The molecule has 2 heterocycles. The van der Waals surface area contributed by atoms with Crippen LogP contribution in [0.25, 0.3) is 11.3 Å². The molecular formula is C25H23N7O2. The normalized spacial score (nSPS) is 10.8. The Bertz CT molecular complexity index is 1340. The number of hydrogen-bond donors (Lipinski definition) is 2. The van der Waals surface area contributed by atoms with Crippen molar-refractivity contribution in [3.63, 3.8) is 0 Å². The van der Waals surface area contributed by atoms with Crippen molar-refractivity contribution in [2.45, 2.75) is 19.4 Å². The molecule has 2 aromatic heterocycles. The lowest BCUT2D eigenvalue weighted by Crippen LogP contribution is -2.16. The zero-order valence-corrected chi connectivity index (χ0v) is 18.4. The second kappa shape index (κ2) is 11.2. The van der Waals surface area contributed by atoms with E-state index in [1.807, 2.05) is 59.3 Å². The number of ether oxygens (including phenoxy) is 1. The Morgan fingerprint density at radius 1 is 1.15 bits per heavy atom. The van der Waals surface area contributed by atoms with E-state index in [1.54, 1.807) is 30.9 Å². The summed E-state index contributed by atoms with van der Waals surface area (Å²) in [6, 6.07) is 18.6. The summed E-state index contributed by atoms with van der Waals surface area (Å²) in [5, 5.41) is 13.6. The van der Waals surface area contributed by atoms with E-state index < -0.39 is 5.56 Å². The Morgan fingerprint density at radius 3 is 2.76 bits per heavy atom. The van der Waals surface area contributed by atoms with E-state index in [0.29, 0.717) is 23.6 Å². The minimum atomic E-state index is -0.534. The van der Waals surface area contributed by atoms with Crippen molar-refractivity contribution in [3.05, 3.63) is 94.8 Å². The summed E-state index contributed by atoms with van der Waals surface area (Å²) in [6.45, 7) is 1.48. The van der Waals surface area contributed by atoms with E-state index >= 15 is 0 Å². The molecule has 0 aliphatic rings. The molecule has 0 saturated heterocycles. The number of aromatic nitrogens is 4. The van der Waals surface area contributed by atoms with Crippen LogP contribution >= 0.6 is 0 Å². The highest BCUT2D eigenvalue weighted by molar-refractivity contribution is 5.83. The van der Waals surface area contributed by atoms with Crippen LogP contribution in [0, 0.1) is 11.3 Å². The smallest absolute Gasteiger partial charge is 0.270 e. The zero-order valence-electron chi connectivity index (χ0n) is 18.4. The standard InChI is InChI=1S/C25H23N7O2/c26-16-21-23(19-8-2-1-3-9-19)29-25(30-24(21)33)31-28-17-20-10-4-5-11-22(20)34-15-7-6-13-32-14-12-27-18-32/h1-5,8-12,14,17-18H,6-7,13,15H2,(H2,29,30,31,33). The number of hydrogen-bond acceptors (Lipinski definition) is 7. The maximum absolute atomic E-state index is 12.4. The maximum atomic E-state index is 12.4. The molecule has 0 aliphatic heterocycles. The highest BCUT2D eigenvalue weighted by Gasteiger charge is 2.12. The fourth-order valence-corrected chi connectivity index (χ4v) is 3.31. The van der Waals surface area contributed by atoms with Crippen molar-refractivity contribution in [1.82, 2.24) is 19.5 Å². The molecule has 0 saturated carbocycles. The number of para-hydroxylation sites is 1. The largest absolute Gasteiger partial charge is 0.493 e. The molecule has 2 aromatic carbocycles. The molecule has 9 nitrogen and oxygen atoms in total. The second-order valence-corrected chi connectivity index (χ2v) is 7.38. The topological polar surface area (TPSA) is 121 Å². The van der Waals surface area contributed by atoms with Gasteiger partial charge < -0.3 is 9.30 Å². The summed E-state index contributed by atoms with van der Waals surface area (Å²) in [7, 11) is 0. The summed E-state index contributed by atoms with van der Waals surface area (Å²) in [5.74, 6) is 0.846. The van der Waals surface area contributed by atoms with Crippen LogP contribution in [0.3, 0.4) is 0 Å². The van der Waals surface area contributed by atoms with E-state index in [2.05, 4.69) is 25.5 Å². The second-order valence-electron chi connectivity index (χ2n) is 7.38. The monoisotopic (exact) mass is 453 g/mol. The van der Waals surface area contributed by atoms with Gasteiger partial charge in [0.2, 0.25) is 5.95 Å². The molecule has 34 heavy (non-hydrogen) atoms. The predicted molar refractivity (Wildman–Crippen MR) is 130 cm³/mol. The first kappa shape index (κ1) is 22.5. The molecule has 2 N–H and O–H groups in total. The number of nitrogens with one attached hydrogen (secondary N) is 2. The third-order valence-corrected chi connectivity index (χ3v) is 5.00. The lowest BCUT2D eigenvalue weighted by Gasteiger charge is -2.09. The Balaban J connectivity index is 1.40. The first-order chi connectivity index (χ1) is 16.7. The van der Waals surface area contributed by atoms with Gasteiger partial charge in [-0.05, 0) is 25.0 Å². The van der Waals surface area contributed by atoms with Crippen molar-refractivity contribution in [3.8, 4) is 23.1 Å². The molecule has 0 aliphatic carbocycles. The summed E-state index contributed by atoms with van der Waals surface area (Å²) in [4.78, 5) is 23.3. The van der Waals surface area contributed by atoms with Crippen molar-refractivity contribution >= 4 is 12.2 Å². The lowest BCUT2D eigenvalue weighted by atomic mass is 10.1. The van der Waals surface area contributed by atoms with Crippen LogP contribution in [0.4, 0.5) is 5.95 Å². The average Bonchev–Trinajstić information content (AvgIpc) is 3.38. The number of H-pyrrole nitrogens is 1. The maximum Gasteiger partial charge on any atom is 0.270 e. The van der Waals surface area contributed by atoms with Gasteiger partial charge in [0.05, 0.1) is 24.8 Å². The molecule has 0 bridgehead atoms. The van der Waals surface area contributed by atoms with Gasteiger partial charge in [-0.3, -0.25) is 9.78 Å². The number of imidazole rings is 1. The van der Waals surface area contributed by atoms with Gasteiger partial charge in [0.25, 0.3) is 5.56 Å². The third-order valence-electron chi connectivity index (χ3n) is 5.00. The van der Waals surface area contributed by atoms with E-state index in [-0.39, 0.29) is 11.5 Å². The van der Waals surface area contributed by atoms with Crippen LogP contribution < -0.4 is 15.7 Å². The Kier molecular flexibility index (Phi) is 7.43. The van der Waals surface area contributed by atoms with E-state index in [9.17, 15) is 10.1 Å². The van der Waals surface area contributed by atoms with Gasteiger partial charge in [-0.25, -0.2) is 15.4 Å². The molecule has 0 fully saturated rings. The van der Waals surface area contributed by atoms with Gasteiger partial charge in [0, 0.05) is 30.1 Å². The summed E-state index contributed by atoms with van der Waals surface area (Å²) in [5.41, 5.74) is 3.91. The first-order valence-electron chi connectivity index (χ1n) is 10.8. The number of nitrogens with zero attached hydrogens (tertiary/aromatic N) is 5. The van der Waals surface area contributed by atoms with Gasteiger partial charge in [-0.15, -0.1) is 0 Å². The summed E-state index contributed by atoms with van der Waals surface area (Å²) in [6.07, 6.45) is 9.00. The van der Waals surface area contributed by atoms with Gasteiger partial charge in [-0.2, -0.15) is 10.4 Å². The molecule has 0 radical (unpaired) electrons. The number of unbranched alkanes of at least 4 members (excludes halogenated alkanes) is 1. The van der Waals surface area contributed by atoms with Crippen LogP contribution in [0.2, 0.25) is 0 Å². The number of nitriles is 1. The number of anilines is 1. The molecule has 9 heteroatoms. The minimum absolute atomic E-state index is 0.0486. The van der Waals surface area contributed by atoms with Crippen molar-refractivity contribution in [2.24, 2.45) is 5.10 Å². The molecule has 4 rings (SSSR count). The average molecular weight is 454 g/mol. The Morgan fingerprint density at radius 2 is 1.97 bits per heavy atom. The number of benzene rings is 2. The molecule has 0 spiro atoms. The minimum Gasteiger partial charge on any atom is -0.493 e. The molecule has 0 amide bonds. The molecule has 170 valence electrons. The highest BCUT2D eigenvalue weighted by Crippen LogP contribution is 2.20. The fraction of sp³-hybridized carbons (Fsp3) is 0.160. The van der Waals surface area contributed by atoms with Crippen LogP contribution in [-0.4, -0.2) is 32.3 Å². The summed E-state index contributed by atoms with van der Waals surface area (Å²) >= 11 is 0. The number of aromatic amines is 1. The van der Waals surface area contributed by atoms with E-state index in [4.69, 9.17) is 4.74 Å². The Hall–Kier alpha value is -4.71. The molecular weight excluding hydrogens is 430 g/mol. The quantitative estimate of drug-likeness (QED) is 0.214. The molecule has 0 atom stereocenters. The van der Waals surface area contributed by atoms with Gasteiger partial charge >= 0.3 is 0 Å². The van der Waals surface area contributed by atoms with Crippen LogP contribution in [-0.2, 0) is 6.54 Å². The van der Waals surface area contributed by atoms with Gasteiger partial charge in [0.1, 0.15) is 17.4 Å². The molecule has 0 unspecified atom stereocenters. The summed E-state index contributed by atoms with van der Waals surface area (Å²) < 4.78 is 7.97. The van der Waals surface area contributed by atoms with E-state index in [0.717, 1.165) is 24.9 Å². The van der Waals surface area contributed by atoms with Gasteiger partial charge in [0.15, 0.2) is 0 Å². The van der Waals surface area contributed by atoms with Crippen molar-refractivity contribution in [1.29, 1.82) is 5.26 Å². The SMILES string of the molecule is N#Cc1c(-c2ccccc2)nc(NN=Cc2ccccc2OCCCCn2ccnc2)[nH]c1=O. The lowest BCUT2D eigenvalue weighted by molar-refractivity contribution is 0.303. The number of hydrazone groups is 1. The van der Waals surface area contributed by atoms with Gasteiger partial charge in [-0.1, -0.05) is 42.5 Å². The number of rotatable bonds is 10. The highest BCUT2D eigenvalue weighted by atomic mass is 16.5. The van der Waals surface area contributed by atoms with Crippen LogP contribution in [0.15, 0.2) is 83.2 Å². The first-order valence-corrected chi connectivity index (χ1v) is 10.8. The van der Waals surface area contributed by atoms with Crippen LogP contribution in [0.1, 0.15) is 24.0 Å². The fourth-order valence-electron chi connectivity index (χ4n) is 3.31. The van der Waals surface area contributed by atoms with Crippen molar-refractivity contribution in [2.75, 3.05) is 12.0 Å². The zero-order chi connectivity index (χ0) is 23.6. The van der Waals surface area contributed by atoms with E-state index in [1.165, 1.54) is 0 Å². The third kappa shape index (κ3) is 5.75.